The van der Waals surface area contributed by atoms with Crippen LogP contribution in [0.2, 0.25) is 0 Å². The Morgan fingerprint density at radius 3 is 2.65 bits per heavy atom. The lowest BCUT2D eigenvalue weighted by atomic mass is 10.3. The molecular formula is C11H10N4O3S2. The van der Waals surface area contributed by atoms with Crippen molar-refractivity contribution in [2.24, 2.45) is 0 Å². The lowest BCUT2D eigenvalue weighted by Gasteiger charge is -2.14. The number of carbonyl (C=O) groups excluding carboxylic acids is 3. The first kappa shape index (κ1) is 14.4. The molecule has 0 aromatic carbocycles. The van der Waals surface area contributed by atoms with E-state index in [1.807, 2.05) is 0 Å². The van der Waals surface area contributed by atoms with Crippen molar-refractivity contribution in [1.82, 2.24) is 20.7 Å². The van der Waals surface area contributed by atoms with E-state index < -0.39 is 11.8 Å². The maximum absolute atomic E-state index is 11.7. The molecule has 104 valence electrons. The summed E-state index contributed by atoms with van der Waals surface area (Å²) in [6.07, 6.45) is 2.94. The first-order valence-corrected chi connectivity index (χ1v) is 6.93. The first-order chi connectivity index (χ1) is 9.58. The van der Waals surface area contributed by atoms with Gasteiger partial charge in [0.2, 0.25) is 5.91 Å². The van der Waals surface area contributed by atoms with Crippen molar-refractivity contribution in [2.45, 2.75) is 0 Å². The number of amides is 3. The number of thioether (sulfide) groups is 1. The predicted octanol–water partition coefficient (Wildman–Crippen LogP) is -0.297. The summed E-state index contributed by atoms with van der Waals surface area (Å²) >= 11 is 6.15. The Kier molecular flexibility index (Phi) is 4.64. The highest BCUT2D eigenvalue weighted by Crippen LogP contribution is 2.18. The molecule has 0 radical (unpaired) electrons. The molecule has 1 saturated heterocycles. The highest BCUT2D eigenvalue weighted by Gasteiger charge is 2.28. The van der Waals surface area contributed by atoms with Crippen molar-refractivity contribution in [3.63, 3.8) is 0 Å². The number of hydrogen-bond acceptors (Lipinski definition) is 6. The molecule has 2 heterocycles. The van der Waals surface area contributed by atoms with Gasteiger partial charge in [0, 0.05) is 18.0 Å². The van der Waals surface area contributed by atoms with E-state index in [9.17, 15) is 14.4 Å². The summed E-state index contributed by atoms with van der Waals surface area (Å²) in [4.78, 5) is 39.7. The summed E-state index contributed by atoms with van der Waals surface area (Å²) in [6.45, 7) is -0.207. The van der Waals surface area contributed by atoms with Crippen LogP contribution in [0.25, 0.3) is 0 Å². The number of pyridine rings is 1. The van der Waals surface area contributed by atoms with Crippen LogP contribution in [-0.2, 0) is 9.59 Å². The van der Waals surface area contributed by atoms with Gasteiger partial charge in [-0.1, -0.05) is 24.0 Å². The van der Waals surface area contributed by atoms with Gasteiger partial charge in [-0.3, -0.25) is 35.1 Å². The first-order valence-electron chi connectivity index (χ1n) is 5.54. The van der Waals surface area contributed by atoms with Crippen LogP contribution in [0.4, 0.5) is 0 Å². The number of rotatable bonds is 3. The van der Waals surface area contributed by atoms with Gasteiger partial charge in [-0.25, -0.2) is 0 Å². The van der Waals surface area contributed by atoms with Crippen molar-refractivity contribution >= 4 is 46.0 Å². The van der Waals surface area contributed by atoms with E-state index in [0.717, 1.165) is 0 Å². The van der Waals surface area contributed by atoms with Gasteiger partial charge in [-0.05, 0) is 12.1 Å². The van der Waals surface area contributed by atoms with E-state index >= 15 is 0 Å². The average Bonchev–Trinajstić information content (AvgIpc) is 2.77. The molecule has 0 atom stereocenters. The van der Waals surface area contributed by atoms with E-state index in [1.54, 1.807) is 0 Å². The molecule has 20 heavy (non-hydrogen) atoms. The van der Waals surface area contributed by atoms with Crippen LogP contribution in [0.1, 0.15) is 10.4 Å². The minimum absolute atomic E-state index is 0.207. The number of nitrogens with zero attached hydrogens (tertiary/aromatic N) is 2. The number of hydrazine groups is 1. The molecular weight excluding hydrogens is 300 g/mol. The summed E-state index contributed by atoms with van der Waals surface area (Å²) in [6, 6.07) is 3.02. The lowest BCUT2D eigenvalue weighted by Crippen LogP contribution is -2.47. The van der Waals surface area contributed by atoms with Crippen molar-refractivity contribution in [1.29, 1.82) is 0 Å². The molecule has 0 bridgehead atoms. The molecule has 0 spiro atoms. The molecule has 0 aliphatic carbocycles. The topological polar surface area (TPSA) is 91.4 Å². The molecule has 2 rings (SSSR count). The molecule has 1 fully saturated rings. The van der Waals surface area contributed by atoms with Crippen LogP contribution in [0.5, 0.6) is 0 Å². The van der Waals surface area contributed by atoms with Crippen LogP contribution in [-0.4, -0.2) is 44.2 Å². The van der Waals surface area contributed by atoms with Crippen LogP contribution in [0.15, 0.2) is 24.5 Å². The molecule has 0 saturated carbocycles. The molecule has 0 unspecified atom stereocenters. The van der Waals surface area contributed by atoms with Crippen LogP contribution in [0.3, 0.4) is 0 Å². The fourth-order valence-corrected chi connectivity index (χ4v) is 2.49. The third-order valence-electron chi connectivity index (χ3n) is 2.40. The van der Waals surface area contributed by atoms with E-state index in [0.29, 0.717) is 9.88 Å². The summed E-state index contributed by atoms with van der Waals surface area (Å²) in [7, 11) is 0. The van der Waals surface area contributed by atoms with E-state index in [1.165, 1.54) is 41.2 Å². The van der Waals surface area contributed by atoms with E-state index in [4.69, 9.17) is 12.2 Å². The van der Waals surface area contributed by atoms with Gasteiger partial charge in [0.15, 0.2) is 0 Å². The van der Waals surface area contributed by atoms with Crippen molar-refractivity contribution in [3.8, 4) is 0 Å². The SMILES string of the molecule is O=C(CN1C(=O)CSC1=S)NNC(=O)c1ccncc1. The minimum atomic E-state index is -0.523. The zero-order valence-electron chi connectivity index (χ0n) is 10.2. The summed E-state index contributed by atoms with van der Waals surface area (Å²) in [5.74, 6) is -0.957. The van der Waals surface area contributed by atoms with E-state index in [2.05, 4.69) is 15.8 Å². The minimum Gasteiger partial charge on any atom is -0.287 e. The highest BCUT2D eigenvalue weighted by molar-refractivity contribution is 8.23. The number of hydrogen-bond donors (Lipinski definition) is 2. The molecule has 1 aliphatic rings. The molecule has 3 amide bonds. The second kappa shape index (κ2) is 6.44. The predicted molar refractivity (Wildman–Crippen MR) is 76.6 cm³/mol. The number of thiocarbonyl (C=S) groups is 1. The Hall–Kier alpha value is -2.00. The van der Waals surface area contributed by atoms with Gasteiger partial charge in [0.05, 0.1) is 5.75 Å². The molecule has 1 aromatic rings. The summed E-state index contributed by atoms with van der Waals surface area (Å²) in [5, 5.41) is 0. The Bertz CT molecular complexity index is 548. The van der Waals surface area contributed by atoms with Crippen molar-refractivity contribution in [2.75, 3.05) is 12.3 Å². The molecule has 9 heteroatoms. The Morgan fingerprint density at radius 2 is 2.05 bits per heavy atom. The monoisotopic (exact) mass is 310 g/mol. The Morgan fingerprint density at radius 1 is 1.35 bits per heavy atom. The zero-order chi connectivity index (χ0) is 14.5. The van der Waals surface area contributed by atoms with Crippen molar-refractivity contribution in [3.05, 3.63) is 30.1 Å². The summed E-state index contributed by atoms with van der Waals surface area (Å²) < 4.78 is 0.366. The van der Waals surface area contributed by atoms with E-state index in [-0.39, 0.29) is 18.2 Å². The molecule has 2 N–H and O–H groups in total. The molecule has 1 aromatic heterocycles. The third kappa shape index (κ3) is 3.52. The zero-order valence-corrected chi connectivity index (χ0v) is 11.8. The van der Waals surface area contributed by atoms with Crippen LogP contribution < -0.4 is 10.9 Å². The summed E-state index contributed by atoms with van der Waals surface area (Å²) in [5.41, 5.74) is 4.84. The van der Waals surface area contributed by atoms with Gasteiger partial charge in [-0.15, -0.1) is 0 Å². The largest absolute Gasteiger partial charge is 0.287 e. The highest BCUT2D eigenvalue weighted by atomic mass is 32.2. The van der Waals surface area contributed by atoms with Gasteiger partial charge in [0.1, 0.15) is 10.9 Å². The Balaban J connectivity index is 1.82. The van der Waals surface area contributed by atoms with Gasteiger partial charge < -0.3 is 0 Å². The second-order valence-electron chi connectivity index (χ2n) is 3.77. The quantitative estimate of drug-likeness (QED) is 0.588. The lowest BCUT2D eigenvalue weighted by molar-refractivity contribution is -0.130. The number of nitrogens with one attached hydrogen (secondary N) is 2. The number of carbonyl (C=O) groups is 3. The average molecular weight is 310 g/mol. The van der Waals surface area contributed by atoms with Crippen LogP contribution >= 0.6 is 24.0 Å². The third-order valence-corrected chi connectivity index (χ3v) is 3.83. The normalized spacial score (nSPS) is 14.3. The van der Waals surface area contributed by atoms with Crippen molar-refractivity contribution < 1.29 is 14.4 Å². The smallest absolute Gasteiger partial charge is 0.269 e. The van der Waals surface area contributed by atoms with Gasteiger partial charge in [-0.2, -0.15) is 0 Å². The fraction of sp³-hybridized carbons (Fsp3) is 0.182. The second-order valence-corrected chi connectivity index (χ2v) is 5.38. The standard InChI is InChI=1S/C11H10N4O3S2/c16-8(5-15-9(17)6-20-11(15)19)13-14-10(18)7-1-3-12-4-2-7/h1-4H,5-6H2,(H,13,16)(H,14,18). The van der Waals surface area contributed by atoms with Crippen LogP contribution in [0, 0.1) is 0 Å². The maximum atomic E-state index is 11.7. The molecule has 1 aliphatic heterocycles. The number of aromatic nitrogens is 1. The molecule has 7 nitrogen and oxygen atoms in total. The fourth-order valence-electron chi connectivity index (χ4n) is 1.42. The van der Waals surface area contributed by atoms with Gasteiger partial charge in [0.25, 0.3) is 11.8 Å². The maximum Gasteiger partial charge on any atom is 0.269 e. The van der Waals surface area contributed by atoms with Gasteiger partial charge >= 0.3 is 0 Å². The Labute approximate surface area is 124 Å².